The monoisotopic (exact) mass is 221 g/mol. The molecular formula is C13H19NS. The molecule has 0 aliphatic heterocycles. The van der Waals surface area contributed by atoms with Crippen LogP contribution in [0.5, 0.6) is 0 Å². The van der Waals surface area contributed by atoms with Gasteiger partial charge in [-0.2, -0.15) is 4.37 Å². The van der Waals surface area contributed by atoms with E-state index >= 15 is 0 Å². The van der Waals surface area contributed by atoms with Gasteiger partial charge < -0.3 is 0 Å². The van der Waals surface area contributed by atoms with Crippen molar-refractivity contribution in [2.24, 2.45) is 0 Å². The van der Waals surface area contributed by atoms with E-state index < -0.39 is 0 Å². The van der Waals surface area contributed by atoms with Gasteiger partial charge in [0.15, 0.2) is 0 Å². The summed E-state index contributed by atoms with van der Waals surface area (Å²) in [5.41, 5.74) is 1.61. The average molecular weight is 221 g/mol. The summed E-state index contributed by atoms with van der Waals surface area (Å²) in [7, 11) is 0. The van der Waals surface area contributed by atoms with Gasteiger partial charge in [-0.15, -0.1) is 0 Å². The molecule has 0 N–H and O–H groups in total. The minimum Gasteiger partial charge on any atom is -0.200 e. The molecule has 0 radical (unpaired) electrons. The lowest BCUT2D eigenvalue weighted by atomic mass is 9.87. The minimum atomic E-state index is 0.232. The Kier molecular flexibility index (Phi) is 3.86. The molecule has 0 saturated heterocycles. The van der Waals surface area contributed by atoms with Crippen molar-refractivity contribution in [2.45, 2.75) is 40.0 Å². The summed E-state index contributed by atoms with van der Waals surface area (Å²) in [6.07, 6.45) is 1.94. The molecule has 0 amide bonds. The number of nitrogens with zero attached hydrogens (tertiary/aromatic N) is 1. The van der Waals surface area contributed by atoms with Gasteiger partial charge in [-0.05, 0) is 34.6 Å². The van der Waals surface area contributed by atoms with Crippen molar-refractivity contribution < 1.29 is 0 Å². The highest BCUT2D eigenvalue weighted by molar-refractivity contribution is 7.13. The molecule has 1 nitrogen and oxygen atoms in total. The summed E-state index contributed by atoms with van der Waals surface area (Å²) < 4.78 is 5.44. The maximum absolute atomic E-state index is 4.17. The molecule has 0 aliphatic rings. The first-order valence-electron chi connectivity index (χ1n) is 5.42. The molecule has 0 spiro atoms. The Labute approximate surface area is 96.3 Å². The van der Waals surface area contributed by atoms with E-state index in [1.807, 2.05) is 20.0 Å². The molecule has 2 aromatic rings. The number of rotatable bonds is 0. The first kappa shape index (κ1) is 12.2. The highest BCUT2D eigenvalue weighted by atomic mass is 32.1. The Morgan fingerprint density at radius 2 is 1.80 bits per heavy atom. The topological polar surface area (TPSA) is 12.9 Å². The summed E-state index contributed by atoms with van der Waals surface area (Å²) in [6.45, 7) is 10.7. The van der Waals surface area contributed by atoms with E-state index in [2.05, 4.69) is 43.3 Å². The molecule has 15 heavy (non-hydrogen) atoms. The van der Waals surface area contributed by atoms with Crippen LogP contribution < -0.4 is 0 Å². The second-order valence-electron chi connectivity index (χ2n) is 4.33. The number of hydrogen-bond donors (Lipinski definition) is 0. The normalized spacial score (nSPS) is 11.0. The third kappa shape index (κ3) is 2.78. The van der Waals surface area contributed by atoms with E-state index in [0.717, 1.165) is 0 Å². The lowest BCUT2D eigenvalue weighted by Gasteiger charge is -2.18. The van der Waals surface area contributed by atoms with Crippen LogP contribution in [-0.2, 0) is 5.41 Å². The van der Waals surface area contributed by atoms with Gasteiger partial charge in [0, 0.05) is 11.6 Å². The first-order chi connectivity index (χ1) is 7.07. The Bertz CT molecular complexity index is 423. The van der Waals surface area contributed by atoms with E-state index in [1.54, 1.807) is 11.5 Å². The summed E-state index contributed by atoms with van der Waals surface area (Å²) in [6, 6.07) is 6.59. The van der Waals surface area contributed by atoms with Crippen molar-refractivity contribution >= 4 is 21.6 Å². The molecule has 0 bridgehead atoms. The van der Waals surface area contributed by atoms with Gasteiger partial charge >= 0.3 is 0 Å². The third-order valence-electron chi connectivity index (χ3n) is 2.22. The zero-order valence-corrected chi connectivity index (χ0v) is 11.0. The largest absolute Gasteiger partial charge is 0.200 e. The van der Waals surface area contributed by atoms with Crippen LogP contribution in [0.3, 0.4) is 0 Å². The molecule has 0 saturated carbocycles. The first-order valence-corrected chi connectivity index (χ1v) is 6.20. The van der Waals surface area contributed by atoms with Crippen LogP contribution in [0.4, 0.5) is 0 Å². The Balaban J connectivity index is 0.000000531. The average Bonchev–Trinajstić information content (AvgIpc) is 2.66. The second-order valence-corrected chi connectivity index (χ2v) is 5.16. The number of hydrogen-bond acceptors (Lipinski definition) is 2. The van der Waals surface area contributed by atoms with E-state index in [4.69, 9.17) is 0 Å². The Hall–Kier alpha value is -0.890. The summed E-state index contributed by atoms with van der Waals surface area (Å²) in [5.74, 6) is 0. The maximum Gasteiger partial charge on any atom is 0.0550 e. The van der Waals surface area contributed by atoms with Crippen LogP contribution in [0.2, 0.25) is 0 Å². The van der Waals surface area contributed by atoms with E-state index in [-0.39, 0.29) is 5.41 Å². The molecule has 0 unspecified atom stereocenters. The van der Waals surface area contributed by atoms with E-state index in [9.17, 15) is 0 Å². The van der Waals surface area contributed by atoms with Crippen LogP contribution in [0.15, 0.2) is 24.4 Å². The summed E-state index contributed by atoms with van der Waals surface area (Å²) in [4.78, 5) is 0. The van der Waals surface area contributed by atoms with Gasteiger partial charge in [-0.25, -0.2) is 0 Å². The fourth-order valence-electron chi connectivity index (χ4n) is 1.34. The van der Waals surface area contributed by atoms with E-state index in [0.29, 0.717) is 0 Å². The minimum absolute atomic E-state index is 0.232. The smallest absolute Gasteiger partial charge is 0.0550 e. The zero-order valence-electron chi connectivity index (χ0n) is 10.2. The van der Waals surface area contributed by atoms with Crippen molar-refractivity contribution in [2.75, 3.05) is 0 Å². The van der Waals surface area contributed by atoms with Crippen molar-refractivity contribution in [3.63, 3.8) is 0 Å². The Morgan fingerprint density at radius 1 is 1.13 bits per heavy atom. The van der Waals surface area contributed by atoms with Gasteiger partial charge in [0.05, 0.1) is 4.70 Å². The van der Waals surface area contributed by atoms with Gasteiger partial charge in [0.25, 0.3) is 0 Å². The number of benzene rings is 1. The molecule has 2 rings (SSSR count). The van der Waals surface area contributed by atoms with Crippen molar-refractivity contribution in [1.82, 2.24) is 4.37 Å². The third-order valence-corrected chi connectivity index (χ3v) is 3.00. The van der Waals surface area contributed by atoms with Crippen LogP contribution in [0, 0.1) is 0 Å². The van der Waals surface area contributed by atoms with Crippen LogP contribution in [0.25, 0.3) is 10.1 Å². The molecule has 0 fully saturated rings. The van der Waals surface area contributed by atoms with Gasteiger partial charge in [-0.1, -0.05) is 40.7 Å². The van der Waals surface area contributed by atoms with Crippen LogP contribution >= 0.6 is 11.5 Å². The molecule has 1 heterocycles. The molecule has 0 atom stereocenters. The quantitative estimate of drug-likeness (QED) is 0.632. The second kappa shape index (κ2) is 4.75. The maximum atomic E-state index is 4.17. The van der Waals surface area contributed by atoms with Crippen molar-refractivity contribution in [3.05, 3.63) is 30.0 Å². The fraction of sp³-hybridized carbons (Fsp3) is 0.462. The highest BCUT2D eigenvalue weighted by Crippen LogP contribution is 2.27. The molecule has 1 aromatic carbocycles. The number of fused-ring (bicyclic) bond motifs is 1. The zero-order chi connectivity index (χ0) is 11.5. The molecule has 1 aromatic heterocycles. The SMILES string of the molecule is CC.CC(C)(C)c1ccc2sncc2c1. The predicted octanol–water partition coefficient (Wildman–Crippen LogP) is 4.62. The highest BCUT2D eigenvalue weighted by Gasteiger charge is 2.13. The fourth-order valence-corrected chi connectivity index (χ4v) is 1.96. The summed E-state index contributed by atoms with van der Waals surface area (Å²) >= 11 is 1.56. The van der Waals surface area contributed by atoms with Crippen molar-refractivity contribution in [1.29, 1.82) is 0 Å². The molecule has 82 valence electrons. The standard InChI is InChI=1S/C11H13NS.C2H6/c1-11(2,3)9-4-5-10-8(6-9)7-12-13-10;1-2/h4-7H,1-3H3;1-2H3. The lowest BCUT2D eigenvalue weighted by molar-refractivity contribution is 0.591. The van der Waals surface area contributed by atoms with Gasteiger partial charge in [0.2, 0.25) is 0 Å². The van der Waals surface area contributed by atoms with Gasteiger partial charge in [0.1, 0.15) is 0 Å². The van der Waals surface area contributed by atoms with Gasteiger partial charge in [-0.3, -0.25) is 0 Å². The predicted molar refractivity (Wildman–Crippen MR) is 69.7 cm³/mol. The molecular weight excluding hydrogens is 202 g/mol. The van der Waals surface area contributed by atoms with Crippen LogP contribution in [0.1, 0.15) is 40.2 Å². The molecule has 0 aliphatic carbocycles. The summed E-state index contributed by atoms with van der Waals surface area (Å²) in [5, 5.41) is 1.26. The lowest BCUT2D eigenvalue weighted by Crippen LogP contribution is -2.10. The Morgan fingerprint density at radius 3 is 2.40 bits per heavy atom. The van der Waals surface area contributed by atoms with E-state index in [1.165, 1.54) is 15.6 Å². The number of aromatic nitrogens is 1. The van der Waals surface area contributed by atoms with Crippen LogP contribution in [-0.4, -0.2) is 4.37 Å². The van der Waals surface area contributed by atoms with Crippen molar-refractivity contribution in [3.8, 4) is 0 Å². The molecule has 2 heteroatoms.